The molecule has 4 unspecified atom stereocenters. The van der Waals surface area contributed by atoms with Crippen LogP contribution in [0.15, 0.2) is 0 Å². The van der Waals surface area contributed by atoms with Crippen LogP contribution in [0.3, 0.4) is 0 Å². The first-order valence-electron chi connectivity index (χ1n) is 6.65. The van der Waals surface area contributed by atoms with Gasteiger partial charge in [0, 0.05) is 19.7 Å². The van der Waals surface area contributed by atoms with Gasteiger partial charge in [-0.15, -0.1) is 0 Å². The fourth-order valence-corrected chi connectivity index (χ4v) is 3.21. The summed E-state index contributed by atoms with van der Waals surface area (Å²) in [6.07, 6.45) is 6.48. The Bertz CT molecular complexity index is 220. The van der Waals surface area contributed by atoms with Gasteiger partial charge in [-0.2, -0.15) is 0 Å². The standard InChI is InChI=1S/C13H25NO2/c1-10(15)11-6-7-14(9-11)12-4-3-5-13(8-12)16-2/h10-13,15H,3-9H2,1-2H3. The van der Waals surface area contributed by atoms with Gasteiger partial charge in [-0.25, -0.2) is 0 Å². The average molecular weight is 227 g/mol. The zero-order valence-corrected chi connectivity index (χ0v) is 10.6. The van der Waals surface area contributed by atoms with E-state index >= 15 is 0 Å². The number of nitrogens with zero attached hydrogens (tertiary/aromatic N) is 1. The molecule has 0 aromatic rings. The fraction of sp³-hybridized carbons (Fsp3) is 1.00. The first-order valence-corrected chi connectivity index (χ1v) is 6.65. The topological polar surface area (TPSA) is 32.7 Å². The minimum absolute atomic E-state index is 0.146. The van der Waals surface area contributed by atoms with Crippen LogP contribution in [0.4, 0.5) is 0 Å². The molecule has 3 heteroatoms. The van der Waals surface area contributed by atoms with Gasteiger partial charge in [0.2, 0.25) is 0 Å². The third kappa shape index (κ3) is 2.76. The Labute approximate surface area is 98.8 Å². The van der Waals surface area contributed by atoms with Gasteiger partial charge in [0.1, 0.15) is 0 Å². The lowest BCUT2D eigenvalue weighted by molar-refractivity contribution is 0.0308. The molecule has 1 saturated heterocycles. The maximum Gasteiger partial charge on any atom is 0.0586 e. The summed E-state index contributed by atoms with van der Waals surface area (Å²) in [5.74, 6) is 0.489. The zero-order valence-electron chi connectivity index (χ0n) is 10.6. The molecule has 0 bridgehead atoms. The van der Waals surface area contributed by atoms with E-state index in [0.717, 1.165) is 19.5 Å². The lowest BCUT2D eigenvalue weighted by Crippen LogP contribution is -2.39. The summed E-state index contributed by atoms with van der Waals surface area (Å²) in [6.45, 7) is 4.17. The lowest BCUT2D eigenvalue weighted by Gasteiger charge is -2.35. The second-order valence-electron chi connectivity index (χ2n) is 5.46. The monoisotopic (exact) mass is 227 g/mol. The molecule has 4 atom stereocenters. The Morgan fingerprint density at radius 1 is 1.31 bits per heavy atom. The minimum atomic E-state index is -0.146. The molecule has 0 aromatic heterocycles. The fourth-order valence-electron chi connectivity index (χ4n) is 3.21. The number of methoxy groups -OCH3 is 1. The van der Waals surface area contributed by atoms with Crippen molar-refractivity contribution < 1.29 is 9.84 Å². The SMILES string of the molecule is COC1CCCC(N2CCC(C(C)O)C2)C1. The normalized spacial score (nSPS) is 38.8. The molecule has 16 heavy (non-hydrogen) atoms. The number of aliphatic hydroxyl groups excluding tert-OH is 1. The van der Waals surface area contributed by atoms with E-state index in [2.05, 4.69) is 4.90 Å². The predicted molar refractivity (Wildman–Crippen MR) is 64.4 cm³/mol. The van der Waals surface area contributed by atoms with Crippen molar-refractivity contribution in [3.05, 3.63) is 0 Å². The smallest absolute Gasteiger partial charge is 0.0586 e. The molecular formula is C13H25NO2. The summed E-state index contributed by atoms with van der Waals surface area (Å²) in [7, 11) is 1.83. The number of rotatable bonds is 3. The Hall–Kier alpha value is -0.120. The first kappa shape index (κ1) is 12.3. The summed E-state index contributed by atoms with van der Waals surface area (Å²) in [6, 6.07) is 0.697. The Balaban J connectivity index is 1.84. The average Bonchev–Trinajstić information content (AvgIpc) is 2.78. The molecule has 1 aliphatic carbocycles. The minimum Gasteiger partial charge on any atom is -0.393 e. The largest absolute Gasteiger partial charge is 0.393 e. The molecule has 1 saturated carbocycles. The van der Waals surface area contributed by atoms with Crippen LogP contribution in [0, 0.1) is 5.92 Å². The van der Waals surface area contributed by atoms with E-state index in [1.165, 1.54) is 25.7 Å². The van der Waals surface area contributed by atoms with E-state index in [9.17, 15) is 5.11 Å². The summed E-state index contributed by atoms with van der Waals surface area (Å²) in [4.78, 5) is 2.57. The molecule has 3 nitrogen and oxygen atoms in total. The van der Waals surface area contributed by atoms with E-state index in [-0.39, 0.29) is 6.10 Å². The molecule has 2 rings (SSSR count). The quantitative estimate of drug-likeness (QED) is 0.795. The van der Waals surface area contributed by atoms with Crippen molar-refractivity contribution in [3.8, 4) is 0 Å². The van der Waals surface area contributed by atoms with E-state index in [4.69, 9.17) is 4.74 Å². The highest BCUT2D eigenvalue weighted by Gasteiger charge is 2.33. The lowest BCUT2D eigenvalue weighted by atomic mass is 9.92. The molecular weight excluding hydrogens is 202 g/mol. The molecule has 0 amide bonds. The van der Waals surface area contributed by atoms with Gasteiger partial charge in [-0.05, 0) is 51.5 Å². The van der Waals surface area contributed by atoms with Gasteiger partial charge in [-0.3, -0.25) is 4.90 Å². The summed E-state index contributed by atoms with van der Waals surface area (Å²) < 4.78 is 5.48. The van der Waals surface area contributed by atoms with Gasteiger partial charge < -0.3 is 9.84 Å². The number of hydrogen-bond donors (Lipinski definition) is 1. The van der Waals surface area contributed by atoms with Gasteiger partial charge in [-0.1, -0.05) is 0 Å². The Kier molecular flexibility index (Phi) is 4.22. The molecule has 1 heterocycles. The van der Waals surface area contributed by atoms with Crippen LogP contribution in [0.1, 0.15) is 39.0 Å². The third-order valence-electron chi connectivity index (χ3n) is 4.39. The number of likely N-dealkylation sites (tertiary alicyclic amines) is 1. The molecule has 0 radical (unpaired) electrons. The van der Waals surface area contributed by atoms with Gasteiger partial charge in [0.15, 0.2) is 0 Å². The first-order chi connectivity index (χ1) is 7.70. The molecule has 2 fully saturated rings. The zero-order chi connectivity index (χ0) is 11.5. The van der Waals surface area contributed by atoms with Crippen molar-refractivity contribution in [2.75, 3.05) is 20.2 Å². The van der Waals surface area contributed by atoms with Crippen molar-refractivity contribution in [1.29, 1.82) is 0 Å². The van der Waals surface area contributed by atoms with E-state index in [0.29, 0.717) is 18.1 Å². The number of hydrogen-bond acceptors (Lipinski definition) is 3. The van der Waals surface area contributed by atoms with Crippen LogP contribution < -0.4 is 0 Å². The van der Waals surface area contributed by atoms with Crippen molar-refractivity contribution in [3.63, 3.8) is 0 Å². The molecule has 1 aliphatic heterocycles. The number of ether oxygens (including phenoxy) is 1. The maximum absolute atomic E-state index is 9.62. The van der Waals surface area contributed by atoms with Crippen LogP contribution in [0.5, 0.6) is 0 Å². The summed E-state index contributed by atoms with van der Waals surface area (Å²) in [5.41, 5.74) is 0. The van der Waals surface area contributed by atoms with E-state index in [1.54, 1.807) is 0 Å². The van der Waals surface area contributed by atoms with Gasteiger partial charge >= 0.3 is 0 Å². The van der Waals surface area contributed by atoms with E-state index < -0.39 is 0 Å². The predicted octanol–water partition coefficient (Wildman–Crippen LogP) is 1.65. The molecule has 2 aliphatic rings. The van der Waals surface area contributed by atoms with Gasteiger partial charge in [0.25, 0.3) is 0 Å². The maximum atomic E-state index is 9.62. The van der Waals surface area contributed by atoms with Crippen LogP contribution in [0.25, 0.3) is 0 Å². The highest BCUT2D eigenvalue weighted by Crippen LogP contribution is 2.29. The molecule has 1 N–H and O–H groups in total. The Morgan fingerprint density at radius 3 is 2.75 bits per heavy atom. The van der Waals surface area contributed by atoms with E-state index in [1.807, 2.05) is 14.0 Å². The van der Waals surface area contributed by atoms with Crippen LogP contribution in [0.2, 0.25) is 0 Å². The highest BCUT2D eigenvalue weighted by molar-refractivity contribution is 4.87. The van der Waals surface area contributed by atoms with Crippen LogP contribution >= 0.6 is 0 Å². The summed E-state index contributed by atoms with van der Waals surface area (Å²) in [5, 5.41) is 9.62. The second kappa shape index (κ2) is 5.48. The highest BCUT2D eigenvalue weighted by atomic mass is 16.5. The van der Waals surface area contributed by atoms with Crippen LogP contribution in [-0.4, -0.2) is 48.5 Å². The summed E-state index contributed by atoms with van der Waals surface area (Å²) >= 11 is 0. The van der Waals surface area contributed by atoms with Gasteiger partial charge in [0.05, 0.1) is 12.2 Å². The van der Waals surface area contributed by atoms with Crippen molar-refractivity contribution in [2.45, 2.75) is 57.3 Å². The third-order valence-corrected chi connectivity index (χ3v) is 4.39. The Morgan fingerprint density at radius 2 is 2.12 bits per heavy atom. The number of aliphatic hydroxyl groups is 1. The molecule has 94 valence electrons. The van der Waals surface area contributed by atoms with Crippen LogP contribution in [-0.2, 0) is 4.74 Å². The molecule has 0 aromatic carbocycles. The van der Waals surface area contributed by atoms with Crippen molar-refractivity contribution in [2.24, 2.45) is 5.92 Å². The van der Waals surface area contributed by atoms with Crippen molar-refractivity contribution >= 4 is 0 Å². The second-order valence-corrected chi connectivity index (χ2v) is 5.46. The molecule has 0 spiro atoms. The van der Waals surface area contributed by atoms with Crippen molar-refractivity contribution in [1.82, 2.24) is 4.90 Å².